The summed E-state index contributed by atoms with van der Waals surface area (Å²) >= 11 is 2.19. The third-order valence-electron chi connectivity index (χ3n) is 2.91. The van der Waals surface area contributed by atoms with Gasteiger partial charge in [0.25, 0.3) is 0 Å². The first kappa shape index (κ1) is 16.3. The summed E-state index contributed by atoms with van der Waals surface area (Å²) < 4.78 is 7.02. The zero-order valence-corrected chi connectivity index (χ0v) is 14.0. The van der Waals surface area contributed by atoms with E-state index >= 15 is 0 Å². The molecule has 0 saturated carbocycles. The molecule has 94 valence electrons. The molecule has 0 amide bonds. The minimum absolute atomic E-state index is 0.0890. The van der Waals surface area contributed by atoms with Crippen molar-refractivity contribution in [2.75, 3.05) is 13.2 Å². The number of rotatable bonds is 5. The van der Waals surface area contributed by atoms with Gasteiger partial charge in [-0.1, -0.05) is 32.9 Å². The van der Waals surface area contributed by atoms with Crippen LogP contribution in [-0.2, 0) is 4.43 Å². The predicted molar refractivity (Wildman–Crippen MR) is 81.5 cm³/mol. The first-order valence-electron chi connectivity index (χ1n) is 5.48. The normalized spacial score (nSPS) is 14.8. The molecule has 0 saturated heterocycles. The summed E-state index contributed by atoms with van der Waals surface area (Å²) in [5, 5.41) is 8.95. The zero-order valence-electron chi connectivity index (χ0n) is 10.9. The third kappa shape index (κ3) is 6.17. The summed E-state index contributed by atoms with van der Waals surface area (Å²) in [4.78, 5) is 0. The molecule has 0 fully saturated rings. The van der Waals surface area contributed by atoms with Crippen molar-refractivity contribution < 1.29 is 9.53 Å². The van der Waals surface area contributed by atoms with Crippen molar-refractivity contribution in [2.45, 2.75) is 38.9 Å². The molecule has 16 heavy (non-hydrogen) atoms. The minimum Gasteiger partial charge on any atom is -0.413 e. The maximum absolute atomic E-state index is 8.69. The molecule has 0 aromatic heterocycles. The molecule has 0 spiro atoms. The molecule has 0 unspecified atom stereocenters. The lowest BCUT2D eigenvalue weighted by Crippen LogP contribution is -2.40. The highest BCUT2D eigenvalue weighted by molar-refractivity contribution is 14.1. The van der Waals surface area contributed by atoms with E-state index in [0.29, 0.717) is 6.61 Å². The van der Waals surface area contributed by atoms with Gasteiger partial charge in [0.2, 0.25) is 0 Å². The van der Waals surface area contributed by atoms with Gasteiger partial charge in [0.05, 0.1) is 13.2 Å². The van der Waals surface area contributed by atoms with Crippen LogP contribution in [-0.4, -0.2) is 26.6 Å². The van der Waals surface area contributed by atoms with Crippen LogP contribution in [0.4, 0.5) is 0 Å². The van der Waals surface area contributed by atoms with Crippen molar-refractivity contribution in [2.24, 2.45) is 0 Å². The molecule has 2 nitrogen and oxygen atoms in total. The highest BCUT2D eigenvalue weighted by Crippen LogP contribution is 2.36. The van der Waals surface area contributed by atoms with E-state index in [1.54, 1.807) is 6.08 Å². The van der Waals surface area contributed by atoms with Gasteiger partial charge in [0.15, 0.2) is 8.32 Å². The molecule has 0 aromatic carbocycles. The average molecular weight is 354 g/mol. The van der Waals surface area contributed by atoms with Crippen molar-refractivity contribution in [1.29, 1.82) is 0 Å². The monoisotopic (exact) mass is 354 g/mol. The lowest BCUT2D eigenvalue weighted by molar-refractivity contribution is 0.328. The van der Waals surface area contributed by atoms with Gasteiger partial charge in [-0.2, -0.15) is 0 Å². The molecule has 0 bridgehead atoms. The Morgan fingerprint density at radius 3 is 2.38 bits per heavy atom. The quantitative estimate of drug-likeness (QED) is 0.461. The minimum atomic E-state index is -1.62. The second-order valence-corrected chi connectivity index (χ2v) is 11.3. The van der Waals surface area contributed by atoms with Crippen LogP contribution in [0.1, 0.15) is 20.8 Å². The largest absolute Gasteiger partial charge is 0.413 e. The Bertz CT molecular complexity index is 265. The SMILES string of the molecule is CC(C)(C)[Si](C)(C)OC/C=C/C(I)=C/CO. The van der Waals surface area contributed by atoms with Gasteiger partial charge >= 0.3 is 0 Å². The summed E-state index contributed by atoms with van der Waals surface area (Å²) in [5.41, 5.74) is 0. The molecule has 0 heterocycles. The topological polar surface area (TPSA) is 29.5 Å². The summed E-state index contributed by atoms with van der Waals surface area (Å²) in [6.45, 7) is 11.9. The zero-order chi connectivity index (χ0) is 12.8. The van der Waals surface area contributed by atoms with Gasteiger partial charge in [-0.25, -0.2) is 0 Å². The number of hydrogen-bond acceptors (Lipinski definition) is 2. The fourth-order valence-corrected chi connectivity index (χ4v) is 2.19. The maximum Gasteiger partial charge on any atom is 0.192 e. The summed E-state index contributed by atoms with van der Waals surface area (Å²) in [5.74, 6) is 0. The van der Waals surface area contributed by atoms with Crippen molar-refractivity contribution >= 4 is 30.9 Å². The molecule has 0 atom stereocenters. The van der Waals surface area contributed by atoms with Crippen LogP contribution in [0.25, 0.3) is 0 Å². The second-order valence-electron chi connectivity index (χ2n) is 5.25. The van der Waals surface area contributed by atoms with Gasteiger partial charge in [-0.15, -0.1) is 0 Å². The standard InChI is InChI=1S/C12H23IO2Si/c1-12(2,3)16(4,5)15-10-6-7-11(13)8-9-14/h6-8,14H,9-10H2,1-5H3/b7-6+,11-8-. The predicted octanol–water partition coefficient (Wildman–Crippen LogP) is 3.88. The van der Waals surface area contributed by atoms with E-state index in [1.807, 2.05) is 12.2 Å². The van der Waals surface area contributed by atoms with E-state index in [2.05, 4.69) is 56.5 Å². The fraction of sp³-hybridized carbons (Fsp3) is 0.667. The maximum atomic E-state index is 8.69. The number of aliphatic hydroxyl groups is 1. The van der Waals surface area contributed by atoms with Gasteiger partial charge in [-0.3, -0.25) is 0 Å². The van der Waals surface area contributed by atoms with Crippen LogP contribution in [0.5, 0.6) is 0 Å². The van der Waals surface area contributed by atoms with E-state index < -0.39 is 8.32 Å². The first-order valence-corrected chi connectivity index (χ1v) is 9.46. The van der Waals surface area contributed by atoms with Crippen molar-refractivity contribution in [1.82, 2.24) is 0 Å². The Balaban J connectivity index is 4.13. The number of halogens is 1. The van der Waals surface area contributed by atoms with Crippen LogP contribution >= 0.6 is 22.6 Å². The fourth-order valence-electron chi connectivity index (χ4n) is 0.789. The van der Waals surface area contributed by atoms with E-state index in [1.165, 1.54) is 0 Å². The van der Waals surface area contributed by atoms with E-state index in [0.717, 1.165) is 3.58 Å². The molecule has 0 aliphatic heterocycles. The number of hydrogen-bond donors (Lipinski definition) is 1. The third-order valence-corrected chi connectivity index (χ3v) is 8.21. The van der Waals surface area contributed by atoms with Crippen molar-refractivity contribution in [3.8, 4) is 0 Å². The lowest BCUT2D eigenvalue weighted by Gasteiger charge is -2.35. The molecular weight excluding hydrogens is 331 g/mol. The Kier molecular flexibility index (Phi) is 7.08. The highest BCUT2D eigenvalue weighted by Gasteiger charge is 2.36. The summed E-state index contributed by atoms with van der Waals surface area (Å²) in [7, 11) is -1.62. The molecule has 0 aliphatic rings. The number of allylic oxidation sites excluding steroid dienone is 2. The van der Waals surface area contributed by atoms with Crippen LogP contribution in [0.3, 0.4) is 0 Å². The van der Waals surface area contributed by atoms with Crippen molar-refractivity contribution in [3.63, 3.8) is 0 Å². The van der Waals surface area contributed by atoms with Gasteiger partial charge < -0.3 is 9.53 Å². The van der Waals surface area contributed by atoms with E-state index in [-0.39, 0.29) is 11.6 Å². The van der Waals surface area contributed by atoms with Crippen LogP contribution in [0, 0.1) is 0 Å². The van der Waals surface area contributed by atoms with Gasteiger partial charge in [0.1, 0.15) is 0 Å². The lowest BCUT2D eigenvalue weighted by atomic mass is 10.2. The van der Waals surface area contributed by atoms with E-state index in [4.69, 9.17) is 9.53 Å². The molecule has 0 aliphatic carbocycles. The number of aliphatic hydroxyl groups excluding tert-OH is 1. The van der Waals surface area contributed by atoms with E-state index in [9.17, 15) is 0 Å². The van der Waals surface area contributed by atoms with Gasteiger partial charge in [-0.05, 0) is 46.8 Å². The van der Waals surface area contributed by atoms with Crippen LogP contribution in [0.2, 0.25) is 18.1 Å². The average Bonchev–Trinajstić information content (AvgIpc) is 2.11. The molecule has 4 heteroatoms. The van der Waals surface area contributed by atoms with Crippen LogP contribution in [0.15, 0.2) is 21.8 Å². The molecule has 0 radical (unpaired) electrons. The Hall–Kier alpha value is 0.347. The van der Waals surface area contributed by atoms with Crippen molar-refractivity contribution in [3.05, 3.63) is 21.8 Å². The Morgan fingerprint density at radius 2 is 1.94 bits per heavy atom. The Labute approximate surface area is 114 Å². The molecule has 1 N–H and O–H groups in total. The molecule has 0 aromatic rings. The molecule has 0 rings (SSSR count). The summed E-state index contributed by atoms with van der Waals surface area (Å²) in [6.07, 6.45) is 5.75. The summed E-state index contributed by atoms with van der Waals surface area (Å²) in [6, 6.07) is 0. The first-order chi connectivity index (χ1) is 7.20. The second kappa shape index (κ2) is 6.93. The van der Waals surface area contributed by atoms with Crippen LogP contribution < -0.4 is 0 Å². The molecular formula is C12H23IO2Si. The van der Waals surface area contributed by atoms with Gasteiger partial charge in [0, 0.05) is 3.58 Å². The smallest absolute Gasteiger partial charge is 0.192 e. The highest BCUT2D eigenvalue weighted by atomic mass is 127. The Morgan fingerprint density at radius 1 is 1.38 bits per heavy atom.